The summed E-state index contributed by atoms with van der Waals surface area (Å²) < 4.78 is 75.5. The van der Waals surface area contributed by atoms with Crippen LogP contribution in [-0.2, 0) is 6.18 Å². The lowest BCUT2D eigenvalue weighted by Crippen LogP contribution is -2.35. The van der Waals surface area contributed by atoms with Crippen LogP contribution in [0.2, 0.25) is 0 Å². The molecule has 1 aromatic rings. The summed E-state index contributed by atoms with van der Waals surface area (Å²) in [6.45, 7) is 0. The first-order valence-electron chi connectivity index (χ1n) is 6.40. The summed E-state index contributed by atoms with van der Waals surface area (Å²) in [6.07, 6.45) is -7.28. The zero-order valence-electron chi connectivity index (χ0n) is 10.8. The molecule has 2 atom stereocenters. The minimum atomic E-state index is -4.61. The van der Waals surface area contributed by atoms with E-state index < -0.39 is 30.0 Å². The molecular weight excluding hydrogens is 300 g/mol. The van der Waals surface area contributed by atoms with Crippen LogP contribution in [0.4, 0.5) is 32.3 Å². The number of alkyl halides is 6. The molecule has 3 nitrogen and oxygen atoms in total. The molecule has 0 aliphatic heterocycles. The number of nitrogens with one attached hydrogen (secondary N) is 1. The third-order valence-corrected chi connectivity index (χ3v) is 3.42. The van der Waals surface area contributed by atoms with E-state index in [9.17, 15) is 26.3 Å². The Kier molecular flexibility index (Phi) is 4.29. The van der Waals surface area contributed by atoms with Gasteiger partial charge in [-0.05, 0) is 25.3 Å². The van der Waals surface area contributed by atoms with Crippen LogP contribution in [0.15, 0.2) is 12.3 Å². The zero-order valence-corrected chi connectivity index (χ0v) is 10.8. The molecule has 1 aliphatic rings. The predicted molar refractivity (Wildman–Crippen MR) is 62.5 cm³/mol. The Morgan fingerprint density at radius 3 is 2.43 bits per heavy atom. The van der Waals surface area contributed by atoms with Crippen LogP contribution in [0, 0.1) is 5.92 Å². The van der Waals surface area contributed by atoms with Crippen molar-refractivity contribution >= 4 is 5.95 Å². The molecule has 0 bridgehead atoms. The molecule has 1 fully saturated rings. The molecule has 1 saturated carbocycles. The summed E-state index contributed by atoms with van der Waals surface area (Å²) in [5, 5.41) is 2.57. The Hall–Kier alpha value is -1.54. The second kappa shape index (κ2) is 5.69. The van der Waals surface area contributed by atoms with Gasteiger partial charge in [-0.15, -0.1) is 0 Å². The standard InChI is InChI=1S/C12H13F6N3/c13-11(14,15)7-2-1-3-8(6-7)20-10-19-5-4-9(21-10)12(16,17)18/h4-5,7-8H,1-3,6H2,(H,19,20,21)/t7-,8+/m1/s1. The summed E-state index contributed by atoms with van der Waals surface area (Å²) in [4.78, 5) is 6.93. The fraction of sp³-hybridized carbons (Fsp3) is 0.667. The van der Waals surface area contributed by atoms with E-state index in [4.69, 9.17) is 0 Å². The maximum Gasteiger partial charge on any atom is 0.433 e. The van der Waals surface area contributed by atoms with Gasteiger partial charge >= 0.3 is 12.4 Å². The molecular formula is C12H13F6N3. The molecule has 0 saturated heterocycles. The molecule has 1 aromatic heterocycles. The maximum atomic E-state index is 12.7. The highest BCUT2D eigenvalue weighted by molar-refractivity contribution is 5.27. The van der Waals surface area contributed by atoms with Crippen LogP contribution in [0.25, 0.3) is 0 Å². The van der Waals surface area contributed by atoms with E-state index in [1.807, 2.05) is 0 Å². The molecule has 0 radical (unpaired) electrons. The Labute approximate surface area is 116 Å². The number of aromatic nitrogens is 2. The normalized spacial score (nSPS) is 23.9. The first-order valence-corrected chi connectivity index (χ1v) is 6.40. The average Bonchev–Trinajstić information content (AvgIpc) is 2.37. The third-order valence-electron chi connectivity index (χ3n) is 3.42. The van der Waals surface area contributed by atoms with E-state index in [-0.39, 0.29) is 18.8 Å². The lowest BCUT2D eigenvalue weighted by atomic mass is 9.85. The lowest BCUT2D eigenvalue weighted by molar-refractivity contribution is -0.182. The lowest BCUT2D eigenvalue weighted by Gasteiger charge is -2.31. The van der Waals surface area contributed by atoms with Crippen LogP contribution in [0.3, 0.4) is 0 Å². The van der Waals surface area contributed by atoms with Gasteiger partial charge < -0.3 is 5.32 Å². The smallest absolute Gasteiger partial charge is 0.351 e. The Morgan fingerprint density at radius 2 is 1.81 bits per heavy atom. The third kappa shape index (κ3) is 4.21. The van der Waals surface area contributed by atoms with Crippen LogP contribution in [0.5, 0.6) is 0 Å². The monoisotopic (exact) mass is 313 g/mol. The van der Waals surface area contributed by atoms with Crippen LogP contribution in [0.1, 0.15) is 31.4 Å². The molecule has 118 valence electrons. The van der Waals surface area contributed by atoms with Crippen molar-refractivity contribution in [1.82, 2.24) is 9.97 Å². The minimum absolute atomic E-state index is 0.0468. The molecule has 2 rings (SSSR count). The van der Waals surface area contributed by atoms with Gasteiger partial charge in [0.05, 0.1) is 5.92 Å². The zero-order chi connectivity index (χ0) is 15.7. The van der Waals surface area contributed by atoms with Crippen molar-refractivity contribution < 1.29 is 26.3 Å². The number of nitrogens with zero attached hydrogens (tertiary/aromatic N) is 2. The number of anilines is 1. The number of rotatable bonds is 2. The van der Waals surface area contributed by atoms with Crippen molar-refractivity contribution in [2.24, 2.45) is 5.92 Å². The van der Waals surface area contributed by atoms with Crippen LogP contribution >= 0.6 is 0 Å². The Morgan fingerprint density at radius 1 is 1.10 bits per heavy atom. The molecule has 0 spiro atoms. The van der Waals surface area contributed by atoms with Crippen molar-refractivity contribution in [3.05, 3.63) is 18.0 Å². The van der Waals surface area contributed by atoms with E-state index in [1.54, 1.807) is 0 Å². The average molecular weight is 313 g/mol. The van der Waals surface area contributed by atoms with Crippen molar-refractivity contribution in [3.8, 4) is 0 Å². The van der Waals surface area contributed by atoms with Crippen molar-refractivity contribution in [2.45, 2.75) is 44.1 Å². The number of halogens is 6. The molecule has 1 heterocycles. The van der Waals surface area contributed by atoms with Gasteiger partial charge in [0, 0.05) is 12.2 Å². The topological polar surface area (TPSA) is 37.8 Å². The fourth-order valence-electron chi connectivity index (χ4n) is 2.39. The predicted octanol–water partition coefficient (Wildman–Crippen LogP) is 4.03. The highest BCUT2D eigenvalue weighted by Crippen LogP contribution is 2.38. The summed E-state index contributed by atoms with van der Waals surface area (Å²) in [7, 11) is 0. The SMILES string of the molecule is FC(F)(F)c1ccnc(N[C@H]2CCC[C@@H](C(F)(F)F)C2)n1. The summed E-state index contributed by atoms with van der Waals surface area (Å²) in [6, 6.07) is 0.138. The first kappa shape index (κ1) is 15.8. The fourth-order valence-corrected chi connectivity index (χ4v) is 2.39. The largest absolute Gasteiger partial charge is 0.433 e. The first-order chi connectivity index (χ1) is 9.66. The maximum absolute atomic E-state index is 12.7. The quantitative estimate of drug-likeness (QED) is 0.838. The molecule has 21 heavy (non-hydrogen) atoms. The van der Waals surface area contributed by atoms with Crippen LogP contribution < -0.4 is 5.32 Å². The van der Waals surface area contributed by atoms with E-state index in [2.05, 4.69) is 15.3 Å². The van der Waals surface area contributed by atoms with Crippen LogP contribution in [-0.4, -0.2) is 22.2 Å². The highest BCUT2D eigenvalue weighted by atomic mass is 19.4. The summed E-state index contributed by atoms with van der Waals surface area (Å²) in [5.74, 6) is -1.73. The number of hydrogen-bond donors (Lipinski definition) is 1. The van der Waals surface area contributed by atoms with Gasteiger partial charge in [0.15, 0.2) is 0 Å². The number of hydrogen-bond acceptors (Lipinski definition) is 3. The van der Waals surface area contributed by atoms with E-state index >= 15 is 0 Å². The highest BCUT2D eigenvalue weighted by Gasteiger charge is 2.42. The van der Waals surface area contributed by atoms with Crippen molar-refractivity contribution in [2.75, 3.05) is 5.32 Å². The Balaban J connectivity index is 2.05. The van der Waals surface area contributed by atoms with Gasteiger partial charge in [-0.25, -0.2) is 9.97 Å². The van der Waals surface area contributed by atoms with Gasteiger partial charge in [0.2, 0.25) is 5.95 Å². The second-order valence-corrected chi connectivity index (χ2v) is 5.01. The van der Waals surface area contributed by atoms with Crippen molar-refractivity contribution in [3.63, 3.8) is 0 Å². The molecule has 1 N–H and O–H groups in total. The van der Waals surface area contributed by atoms with Gasteiger partial charge in [0.1, 0.15) is 5.69 Å². The molecule has 0 aromatic carbocycles. The molecule has 0 amide bonds. The van der Waals surface area contributed by atoms with Crippen molar-refractivity contribution in [1.29, 1.82) is 0 Å². The van der Waals surface area contributed by atoms with E-state index in [1.165, 1.54) is 0 Å². The van der Waals surface area contributed by atoms with E-state index in [0.717, 1.165) is 6.20 Å². The Bertz CT molecular complexity index is 485. The van der Waals surface area contributed by atoms with Gasteiger partial charge in [-0.3, -0.25) is 0 Å². The van der Waals surface area contributed by atoms with E-state index in [0.29, 0.717) is 18.9 Å². The molecule has 1 aliphatic carbocycles. The molecule has 9 heteroatoms. The second-order valence-electron chi connectivity index (χ2n) is 5.01. The summed E-state index contributed by atoms with van der Waals surface area (Å²) >= 11 is 0. The molecule has 0 unspecified atom stereocenters. The van der Waals surface area contributed by atoms with Gasteiger partial charge in [-0.1, -0.05) is 6.42 Å². The summed E-state index contributed by atoms with van der Waals surface area (Å²) in [5.41, 5.74) is -1.12. The minimum Gasteiger partial charge on any atom is -0.351 e. The van der Waals surface area contributed by atoms with Gasteiger partial charge in [0.25, 0.3) is 0 Å². The van der Waals surface area contributed by atoms with Gasteiger partial charge in [-0.2, -0.15) is 26.3 Å².